The Kier molecular flexibility index (Phi) is 5.25. The molecule has 0 amide bonds. The van der Waals surface area contributed by atoms with E-state index in [1.165, 1.54) is 0 Å². The molecule has 0 saturated heterocycles. The Morgan fingerprint density at radius 3 is 2.76 bits per heavy atom. The average molecular weight is 258 g/mol. The van der Waals surface area contributed by atoms with Gasteiger partial charge in [-0.25, -0.2) is 0 Å². The first-order valence-electron chi connectivity index (χ1n) is 5.86. The molecule has 0 radical (unpaired) electrons. The highest BCUT2D eigenvalue weighted by Gasteiger charge is 2.18. The first kappa shape index (κ1) is 14.3. The summed E-state index contributed by atoms with van der Waals surface area (Å²) in [5.41, 5.74) is 0.0351. The van der Waals surface area contributed by atoms with E-state index in [9.17, 15) is 10.2 Å². The van der Waals surface area contributed by atoms with Gasteiger partial charge in [-0.3, -0.25) is 0 Å². The lowest BCUT2D eigenvalue weighted by atomic mass is 10.0. The van der Waals surface area contributed by atoms with Gasteiger partial charge in [-0.05, 0) is 19.4 Å². The van der Waals surface area contributed by atoms with Crippen LogP contribution in [0.15, 0.2) is 18.2 Å². The Balaban J connectivity index is 2.49. The Labute approximate surface area is 107 Å². The molecule has 3 nitrogen and oxygen atoms in total. The lowest BCUT2D eigenvalue weighted by Crippen LogP contribution is -2.37. The number of rotatable bonds is 6. The zero-order valence-corrected chi connectivity index (χ0v) is 11.1. The third kappa shape index (κ3) is 4.54. The molecule has 1 rings (SSSR count). The first-order valence-corrected chi connectivity index (χ1v) is 6.23. The molecule has 0 heterocycles. The summed E-state index contributed by atoms with van der Waals surface area (Å²) in [7, 11) is 0. The fourth-order valence-corrected chi connectivity index (χ4v) is 1.99. The van der Waals surface area contributed by atoms with Crippen LogP contribution in [-0.4, -0.2) is 22.4 Å². The van der Waals surface area contributed by atoms with Gasteiger partial charge in [0.05, 0.1) is 10.6 Å². The molecule has 0 aliphatic heterocycles. The molecule has 0 aromatic heterocycles. The summed E-state index contributed by atoms with van der Waals surface area (Å²) in [5, 5.41) is 23.1. The highest BCUT2D eigenvalue weighted by Crippen LogP contribution is 2.26. The van der Waals surface area contributed by atoms with Crippen molar-refractivity contribution in [3.63, 3.8) is 0 Å². The Hall–Kier alpha value is -0.770. The molecule has 1 aromatic rings. The topological polar surface area (TPSA) is 52.5 Å². The highest BCUT2D eigenvalue weighted by atomic mass is 35.5. The molecular weight excluding hydrogens is 238 g/mol. The Morgan fingerprint density at radius 1 is 1.41 bits per heavy atom. The minimum Gasteiger partial charge on any atom is -0.506 e. The summed E-state index contributed by atoms with van der Waals surface area (Å²) in [6, 6.07) is 5.25. The first-order chi connectivity index (χ1) is 7.96. The minimum absolute atomic E-state index is 0.108. The third-order valence-electron chi connectivity index (χ3n) is 2.68. The molecular formula is C13H20ClNO2. The van der Waals surface area contributed by atoms with E-state index < -0.39 is 5.60 Å². The van der Waals surface area contributed by atoms with Gasteiger partial charge in [-0.15, -0.1) is 0 Å². The molecule has 0 aliphatic carbocycles. The second-order valence-electron chi connectivity index (χ2n) is 4.60. The summed E-state index contributed by atoms with van der Waals surface area (Å²) in [5.74, 6) is 0.108. The van der Waals surface area contributed by atoms with E-state index in [4.69, 9.17) is 11.6 Å². The van der Waals surface area contributed by atoms with Crippen molar-refractivity contribution in [3.05, 3.63) is 28.8 Å². The number of phenols is 1. The van der Waals surface area contributed by atoms with Crippen LogP contribution in [0.25, 0.3) is 0 Å². The fourth-order valence-electron chi connectivity index (χ4n) is 1.80. The van der Waals surface area contributed by atoms with E-state index in [0.29, 0.717) is 18.1 Å². The number of halogens is 1. The SMILES string of the molecule is CCCC(C)(O)CNCc1cccc(Cl)c1O. The van der Waals surface area contributed by atoms with Crippen molar-refractivity contribution < 1.29 is 10.2 Å². The summed E-state index contributed by atoms with van der Waals surface area (Å²) in [6.45, 7) is 4.83. The van der Waals surface area contributed by atoms with Crippen molar-refractivity contribution in [3.8, 4) is 5.75 Å². The molecule has 3 N–H and O–H groups in total. The van der Waals surface area contributed by atoms with Crippen LogP contribution < -0.4 is 5.32 Å². The van der Waals surface area contributed by atoms with Gasteiger partial charge in [0.15, 0.2) is 0 Å². The van der Waals surface area contributed by atoms with Crippen molar-refractivity contribution in [2.45, 2.75) is 38.8 Å². The smallest absolute Gasteiger partial charge is 0.138 e. The molecule has 1 unspecified atom stereocenters. The minimum atomic E-state index is -0.705. The number of hydrogen-bond donors (Lipinski definition) is 3. The van der Waals surface area contributed by atoms with Crippen LogP contribution in [0.2, 0.25) is 5.02 Å². The van der Waals surface area contributed by atoms with Crippen LogP contribution >= 0.6 is 11.6 Å². The molecule has 0 spiro atoms. The lowest BCUT2D eigenvalue weighted by molar-refractivity contribution is 0.0497. The van der Waals surface area contributed by atoms with E-state index in [2.05, 4.69) is 5.32 Å². The number of phenolic OH excluding ortho intramolecular Hbond substituents is 1. The van der Waals surface area contributed by atoms with Gasteiger partial charge in [0.2, 0.25) is 0 Å². The quantitative estimate of drug-likeness (QED) is 0.735. The van der Waals surface area contributed by atoms with Crippen LogP contribution in [0.4, 0.5) is 0 Å². The Bertz CT molecular complexity index is 366. The van der Waals surface area contributed by atoms with E-state index in [-0.39, 0.29) is 5.75 Å². The van der Waals surface area contributed by atoms with Crippen molar-refractivity contribution in [1.29, 1.82) is 0 Å². The predicted octanol–water partition coefficient (Wildman–Crippen LogP) is 2.69. The number of aliphatic hydroxyl groups is 1. The molecule has 0 bridgehead atoms. The lowest BCUT2D eigenvalue weighted by Gasteiger charge is -2.23. The largest absolute Gasteiger partial charge is 0.506 e. The maximum absolute atomic E-state index is 9.97. The maximum Gasteiger partial charge on any atom is 0.138 e. The number of benzene rings is 1. The zero-order chi connectivity index (χ0) is 12.9. The summed E-state index contributed by atoms with van der Waals surface area (Å²) in [4.78, 5) is 0. The van der Waals surface area contributed by atoms with Crippen LogP contribution in [0.1, 0.15) is 32.3 Å². The standard InChI is InChI=1S/C13H20ClNO2/c1-3-7-13(2,17)9-15-8-10-5-4-6-11(14)12(10)16/h4-6,15-17H,3,7-9H2,1-2H3. The summed E-state index contributed by atoms with van der Waals surface area (Å²) < 4.78 is 0. The number of hydrogen-bond acceptors (Lipinski definition) is 3. The Morgan fingerprint density at radius 2 is 2.12 bits per heavy atom. The zero-order valence-electron chi connectivity index (χ0n) is 10.3. The maximum atomic E-state index is 9.97. The predicted molar refractivity (Wildman–Crippen MR) is 70.4 cm³/mol. The molecule has 0 saturated carbocycles. The van der Waals surface area contributed by atoms with Gasteiger partial charge < -0.3 is 15.5 Å². The second kappa shape index (κ2) is 6.24. The van der Waals surface area contributed by atoms with Gasteiger partial charge in [-0.1, -0.05) is 37.1 Å². The average Bonchev–Trinajstić information content (AvgIpc) is 2.24. The van der Waals surface area contributed by atoms with Gasteiger partial charge in [0, 0.05) is 18.7 Å². The monoisotopic (exact) mass is 257 g/mol. The molecule has 1 aromatic carbocycles. The van der Waals surface area contributed by atoms with Crippen molar-refractivity contribution in [2.24, 2.45) is 0 Å². The van der Waals surface area contributed by atoms with Crippen LogP contribution in [0.5, 0.6) is 5.75 Å². The van der Waals surface area contributed by atoms with Crippen LogP contribution in [-0.2, 0) is 6.54 Å². The van der Waals surface area contributed by atoms with Crippen LogP contribution in [0, 0.1) is 0 Å². The van der Waals surface area contributed by atoms with Crippen molar-refractivity contribution >= 4 is 11.6 Å². The van der Waals surface area contributed by atoms with Gasteiger partial charge in [0.25, 0.3) is 0 Å². The molecule has 0 fully saturated rings. The molecule has 96 valence electrons. The van der Waals surface area contributed by atoms with Gasteiger partial charge >= 0.3 is 0 Å². The third-order valence-corrected chi connectivity index (χ3v) is 2.99. The van der Waals surface area contributed by atoms with E-state index in [0.717, 1.165) is 18.4 Å². The van der Waals surface area contributed by atoms with E-state index >= 15 is 0 Å². The normalized spacial score (nSPS) is 14.6. The summed E-state index contributed by atoms with van der Waals surface area (Å²) >= 11 is 5.81. The number of aromatic hydroxyl groups is 1. The van der Waals surface area contributed by atoms with Gasteiger partial charge in [-0.2, -0.15) is 0 Å². The van der Waals surface area contributed by atoms with E-state index in [1.807, 2.05) is 13.0 Å². The number of para-hydroxylation sites is 1. The molecule has 4 heteroatoms. The van der Waals surface area contributed by atoms with Gasteiger partial charge in [0.1, 0.15) is 5.75 Å². The highest BCUT2D eigenvalue weighted by molar-refractivity contribution is 6.32. The summed E-state index contributed by atoms with van der Waals surface area (Å²) in [6.07, 6.45) is 1.69. The fraction of sp³-hybridized carbons (Fsp3) is 0.538. The number of nitrogens with one attached hydrogen (secondary N) is 1. The molecule has 1 atom stereocenters. The second-order valence-corrected chi connectivity index (χ2v) is 5.01. The van der Waals surface area contributed by atoms with Crippen molar-refractivity contribution in [2.75, 3.05) is 6.54 Å². The molecule has 17 heavy (non-hydrogen) atoms. The van der Waals surface area contributed by atoms with Crippen molar-refractivity contribution in [1.82, 2.24) is 5.32 Å². The van der Waals surface area contributed by atoms with Crippen LogP contribution in [0.3, 0.4) is 0 Å². The molecule has 0 aliphatic rings. The van der Waals surface area contributed by atoms with E-state index in [1.54, 1.807) is 19.1 Å².